The Balaban J connectivity index is 1.49. The molecule has 0 radical (unpaired) electrons. The maximum atomic E-state index is 13.2. The summed E-state index contributed by atoms with van der Waals surface area (Å²) >= 11 is 0. The highest BCUT2D eigenvalue weighted by Crippen LogP contribution is 2.29. The molecule has 0 saturated heterocycles. The number of amides is 3. The molecule has 2 aromatic carbocycles. The van der Waals surface area contributed by atoms with Gasteiger partial charge in [0.25, 0.3) is 0 Å². The van der Waals surface area contributed by atoms with Gasteiger partial charge < -0.3 is 15.7 Å². The Hall–Kier alpha value is -4.27. The molecule has 2 atom stereocenters. The predicted octanol–water partition coefficient (Wildman–Crippen LogP) is 3.30. The lowest BCUT2D eigenvalue weighted by Gasteiger charge is -2.29. The van der Waals surface area contributed by atoms with E-state index in [2.05, 4.69) is 30.8 Å². The molecule has 2 aromatic heterocycles. The van der Waals surface area contributed by atoms with Crippen molar-refractivity contribution in [1.29, 1.82) is 0 Å². The van der Waals surface area contributed by atoms with Crippen LogP contribution in [0.2, 0.25) is 0 Å². The molecule has 0 fully saturated rings. The topological polar surface area (TPSA) is 132 Å². The second kappa shape index (κ2) is 7.21. The maximum Gasteiger partial charge on any atom is 0.341 e. The fraction of sp³-hybridized carbons (Fsp3) is 0.136. The van der Waals surface area contributed by atoms with Crippen LogP contribution in [0.4, 0.5) is 10.5 Å². The van der Waals surface area contributed by atoms with Gasteiger partial charge in [-0.1, -0.05) is 6.07 Å². The molecular formula is C22H18N6O3. The number of rotatable bonds is 3. The third kappa shape index (κ3) is 3.46. The van der Waals surface area contributed by atoms with Crippen LogP contribution in [0.3, 0.4) is 0 Å². The Bertz CT molecular complexity index is 1380. The molecule has 1 aliphatic heterocycles. The van der Waals surface area contributed by atoms with Gasteiger partial charge in [-0.2, -0.15) is 5.10 Å². The zero-order chi connectivity index (χ0) is 21.5. The first-order valence-electron chi connectivity index (χ1n) is 9.67. The van der Waals surface area contributed by atoms with Crippen LogP contribution in [-0.2, 0) is 4.79 Å². The average molecular weight is 414 g/mol. The molecule has 4 N–H and O–H groups in total. The summed E-state index contributed by atoms with van der Waals surface area (Å²) in [4.78, 5) is 33.9. The van der Waals surface area contributed by atoms with Gasteiger partial charge in [-0.25, -0.2) is 9.79 Å². The smallest absolute Gasteiger partial charge is 0.341 e. The van der Waals surface area contributed by atoms with Crippen LogP contribution in [-0.4, -0.2) is 37.9 Å². The van der Waals surface area contributed by atoms with E-state index in [-0.39, 0.29) is 11.7 Å². The average Bonchev–Trinajstić information content (AvgIpc) is 3.20. The number of hydrogen-bond donors (Lipinski definition) is 4. The van der Waals surface area contributed by atoms with E-state index in [0.717, 1.165) is 16.3 Å². The second-order valence-electron chi connectivity index (χ2n) is 7.43. The molecule has 31 heavy (non-hydrogen) atoms. The van der Waals surface area contributed by atoms with Crippen molar-refractivity contribution in [2.75, 3.05) is 5.32 Å². The van der Waals surface area contributed by atoms with E-state index in [9.17, 15) is 14.7 Å². The van der Waals surface area contributed by atoms with E-state index in [1.807, 2.05) is 12.1 Å². The number of nitrogens with one attached hydrogen (secondary N) is 3. The number of H-pyrrole nitrogens is 1. The fourth-order valence-electron chi connectivity index (χ4n) is 3.85. The molecule has 0 bridgehead atoms. The van der Waals surface area contributed by atoms with Crippen LogP contribution in [0.15, 0.2) is 59.7 Å². The molecule has 0 saturated carbocycles. The first-order valence-corrected chi connectivity index (χ1v) is 9.67. The number of aromatic amines is 1. The largest absolute Gasteiger partial charge is 0.508 e. The summed E-state index contributed by atoms with van der Waals surface area (Å²) in [5.41, 5.74) is 3.07. The molecule has 1 aliphatic rings. The first kappa shape index (κ1) is 18.7. The SMILES string of the molecule is CC1=NC(=O)NC(c2ccc3cc(O)ccc3n2)C1C(=O)Nc1ccc2[nH]ncc2c1. The Labute approximate surface area is 176 Å². The second-order valence-corrected chi connectivity index (χ2v) is 7.43. The highest BCUT2D eigenvalue weighted by molar-refractivity contribution is 6.13. The van der Waals surface area contributed by atoms with Crippen molar-refractivity contribution in [1.82, 2.24) is 20.5 Å². The van der Waals surface area contributed by atoms with Crippen molar-refractivity contribution in [3.05, 3.63) is 60.4 Å². The summed E-state index contributed by atoms with van der Waals surface area (Å²) in [5, 5.41) is 23.8. The van der Waals surface area contributed by atoms with E-state index >= 15 is 0 Å². The van der Waals surface area contributed by atoms with Gasteiger partial charge in [-0.3, -0.25) is 14.9 Å². The van der Waals surface area contributed by atoms with Crippen LogP contribution < -0.4 is 10.6 Å². The number of phenolic OH excluding ortho intramolecular Hbond substituents is 1. The first-order chi connectivity index (χ1) is 15.0. The Kier molecular flexibility index (Phi) is 4.36. The fourth-order valence-corrected chi connectivity index (χ4v) is 3.85. The number of hydrogen-bond acceptors (Lipinski definition) is 5. The van der Waals surface area contributed by atoms with Gasteiger partial charge in [0, 0.05) is 22.2 Å². The zero-order valence-electron chi connectivity index (χ0n) is 16.5. The van der Waals surface area contributed by atoms with E-state index < -0.39 is 18.0 Å². The van der Waals surface area contributed by atoms with Gasteiger partial charge in [0.2, 0.25) is 5.91 Å². The Morgan fingerprint density at radius 3 is 2.84 bits per heavy atom. The third-order valence-electron chi connectivity index (χ3n) is 5.34. The molecule has 0 aliphatic carbocycles. The van der Waals surface area contributed by atoms with Crippen LogP contribution in [0, 0.1) is 5.92 Å². The normalized spacial score (nSPS) is 18.6. The lowest BCUT2D eigenvalue weighted by atomic mass is 9.89. The lowest BCUT2D eigenvalue weighted by molar-refractivity contribution is -0.118. The molecule has 154 valence electrons. The van der Waals surface area contributed by atoms with Crippen molar-refractivity contribution in [3.8, 4) is 5.75 Å². The summed E-state index contributed by atoms with van der Waals surface area (Å²) in [5.74, 6) is -0.899. The molecule has 2 unspecified atom stereocenters. The molecular weight excluding hydrogens is 396 g/mol. The number of aliphatic imine (C=N–C) groups is 1. The minimum absolute atomic E-state index is 0.142. The van der Waals surface area contributed by atoms with Crippen molar-refractivity contribution in [3.63, 3.8) is 0 Å². The number of pyridine rings is 1. The molecule has 9 heteroatoms. The number of anilines is 1. The standard InChI is InChI=1S/C22H18N6O3/c1-11-19(21(30)25-14-3-6-17-13(8-14)10-23-28-17)20(27-22(31)24-11)18-5-2-12-9-15(29)4-7-16(12)26-18/h2-10,19-20,29H,1H3,(H,23,28)(H,25,30)(H,27,31). The zero-order valence-corrected chi connectivity index (χ0v) is 16.5. The predicted molar refractivity (Wildman–Crippen MR) is 116 cm³/mol. The van der Waals surface area contributed by atoms with Crippen molar-refractivity contribution >= 4 is 45.1 Å². The van der Waals surface area contributed by atoms with E-state index in [4.69, 9.17) is 0 Å². The number of urea groups is 1. The quantitative estimate of drug-likeness (QED) is 0.408. The number of aromatic nitrogens is 3. The van der Waals surface area contributed by atoms with Gasteiger partial charge in [-0.05, 0) is 49.4 Å². The van der Waals surface area contributed by atoms with E-state index in [1.165, 1.54) is 0 Å². The van der Waals surface area contributed by atoms with E-state index in [0.29, 0.717) is 22.6 Å². The van der Waals surface area contributed by atoms with Crippen LogP contribution >= 0.6 is 0 Å². The van der Waals surface area contributed by atoms with Crippen molar-refractivity contribution < 1.29 is 14.7 Å². The summed E-state index contributed by atoms with van der Waals surface area (Å²) in [6, 6.07) is 12.6. The number of nitrogens with zero attached hydrogens (tertiary/aromatic N) is 3. The number of carbonyl (C=O) groups excluding carboxylic acids is 2. The molecule has 3 amide bonds. The van der Waals surface area contributed by atoms with Crippen molar-refractivity contribution in [2.24, 2.45) is 10.9 Å². The summed E-state index contributed by atoms with van der Waals surface area (Å²) in [7, 11) is 0. The number of benzene rings is 2. The summed E-state index contributed by atoms with van der Waals surface area (Å²) in [6.45, 7) is 1.66. The third-order valence-corrected chi connectivity index (χ3v) is 5.34. The van der Waals surface area contributed by atoms with Crippen LogP contribution in [0.25, 0.3) is 21.8 Å². The Morgan fingerprint density at radius 2 is 1.97 bits per heavy atom. The van der Waals surface area contributed by atoms with Gasteiger partial charge in [0.15, 0.2) is 0 Å². The van der Waals surface area contributed by atoms with Crippen LogP contribution in [0.5, 0.6) is 5.75 Å². The molecule has 0 spiro atoms. The highest BCUT2D eigenvalue weighted by atomic mass is 16.3. The monoisotopic (exact) mass is 414 g/mol. The minimum Gasteiger partial charge on any atom is -0.508 e. The maximum absolute atomic E-state index is 13.2. The lowest BCUT2D eigenvalue weighted by Crippen LogP contribution is -2.45. The van der Waals surface area contributed by atoms with Crippen LogP contribution in [0.1, 0.15) is 18.7 Å². The molecule has 4 aromatic rings. The summed E-state index contributed by atoms with van der Waals surface area (Å²) < 4.78 is 0. The number of fused-ring (bicyclic) bond motifs is 2. The molecule has 5 rings (SSSR count). The van der Waals surface area contributed by atoms with Gasteiger partial charge >= 0.3 is 6.03 Å². The van der Waals surface area contributed by atoms with Crippen molar-refractivity contribution in [2.45, 2.75) is 13.0 Å². The summed E-state index contributed by atoms with van der Waals surface area (Å²) in [6.07, 6.45) is 1.68. The highest BCUT2D eigenvalue weighted by Gasteiger charge is 2.37. The molecule has 3 heterocycles. The number of phenols is 1. The van der Waals surface area contributed by atoms with Gasteiger partial charge in [0.05, 0.1) is 29.0 Å². The van der Waals surface area contributed by atoms with Gasteiger partial charge in [-0.15, -0.1) is 0 Å². The molecule has 9 nitrogen and oxygen atoms in total. The Morgan fingerprint density at radius 1 is 1.10 bits per heavy atom. The van der Waals surface area contributed by atoms with Gasteiger partial charge in [0.1, 0.15) is 11.7 Å². The number of aromatic hydroxyl groups is 1. The van der Waals surface area contributed by atoms with E-state index in [1.54, 1.807) is 49.5 Å². The minimum atomic E-state index is -0.736. The number of carbonyl (C=O) groups is 2.